The monoisotopic (exact) mass is 245 g/mol. The van der Waals surface area contributed by atoms with Crippen LogP contribution < -0.4 is 5.73 Å². The quantitative estimate of drug-likeness (QED) is 0.896. The highest BCUT2D eigenvalue weighted by Crippen LogP contribution is 2.13. The van der Waals surface area contributed by atoms with Crippen LogP contribution in [0, 0.1) is 13.8 Å². The van der Waals surface area contributed by atoms with Gasteiger partial charge >= 0.3 is 0 Å². The lowest BCUT2D eigenvalue weighted by Crippen LogP contribution is -2.18. The summed E-state index contributed by atoms with van der Waals surface area (Å²) in [4.78, 5) is 4.34. The second-order valence-corrected chi connectivity index (χ2v) is 4.88. The van der Waals surface area contributed by atoms with Crippen LogP contribution in [0.5, 0.6) is 0 Å². The summed E-state index contributed by atoms with van der Waals surface area (Å²) in [6.07, 6.45) is 1.32. The molecule has 0 fully saturated rings. The standard InChI is InChI=1S/C14H19N3O/c1-9-4-5-12(6-10(9)2)8-14-16-13(17-18-14)7-11(3)15/h4-6,11H,7-8,15H2,1-3H3. The van der Waals surface area contributed by atoms with Crippen molar-refractivity contribution in [3.8, 4) is 0 Å². The van der Waals surface area contributed by atoms with Gasteiger partial charge in [0.15, 0.2) is 5.82 Å². The second kappa shape index (κ2) is 5.31. The van der Waals surface area contributed by atoms with Crippen molar-refractivity contribution in [2.45, 2.75) is 39.7 Å². The first kappa shape index (κ1) is 12.8. The van der Waals surface area contributed by atoms with E-state index in [1.165, 1.54) is 16.7 Å². The summed E-state index contributed by atoms with van der Waals surface area (Å²) in [5.74, 6) is 1.33. The summed E-state index contributed by atoms with van der Waals surface area (Å²) < 4.78 is 5.22. The van der Waals surface area contributed by atoms with Crippen molar-refractivity contribution < 1.29 is 4.52 Å². The number of aryl methyl sites for hydroxylation is 2. The van der Waals surface area contributed by atoms with Gasteiger partial charge in [0.1, 0.15) is 0 Å². The van der Waals surface area contributed by atoms with E-state index in [1.54, 1.807) is 0 Å². The minimum absolute atomic E-state index is 0.0528. The van der Waals surface area contributed by atoms with Crippen molar-refractivity contribution >= 4 is 0 Å². The number of hydrogen-bond acceptors (Lipinski definition) is 4. The first-order valence-corrected chi connectivity index (χ1v) is 6.18. The number of rotatable bonds is 4. The summed E-state index contributed by atoms with van der Waals surface area (Å²) in [7, 11) is 0. The third kappa shape index (κ3) is 3.17. The van der Waals surface area contributed by atoms with E-state index >= 15 is 0 Å². The molecule has 0 aliphatic rings. The van der Waals surface area contributed by atoms with Crippen LogP contribution in [0.15, 0.2) is 22.7 Å². The van der Waals surface area contributed by atoms with E-state index in [1.807, 2.05) is 6.92 Å². The fourth-order valence-corrected chi connectivity index (χ4v) is 1.82. The topological polar surface area (TPSA) is 64.9 Å². The van der Waals surface area contributed by atoms with Crippen molar-refractivity contribution in [2.75, 3.05) is 0 Å². The van der Waals surface area contributed by atoms with Crippen LogP contribution in [0.1, 0.15) is 35.3 Å². The van der Waals surface area contributed by atoms with Gasteiger partial charge in [-0.1, -0.05) is 23.4 Å². The Bertz CT molecular complexity index is 532. The first-order chi connectivity index (χ1) is 8.54. The zero-order valence-electron chi connectivity index (χ0n) is 11.1. The molecule has 0 bridgehead atoms. The summed E-state index contributed by atoms with van der Waals surface area (Å²) in [5, 5.41) is 3.93. The Labute approximate surface area is 107 Å². The molecule has 0 radical (unpaired) electrons. The van der Waals surface area contributed by atoms with Crippen LogP contribution in [0.3, 0.4) is 0 Å². The van der Waals surface area contributed by atoms with Crippen molar-refractivity contribution in [3.63, 3.8) is 0 Å². The molecule has 0 saturated carbocycles. The van der Waals surface area contributed by atoms with Gasteiger partial charge in [-0.3, -0.25) is 0 Å². The van der Waals surface area contributed by atoms with Gasteiger partial charge in [0, 0.05) is 12.5 Å². The Morgan fingerprint density at radius 3 is 2.72 bits per heavy atom. The zero-order chi connectivity index (χ0) is 13.1. The molecule has 2 rings (SSSR count). The lowest BCUT2D eigenvalue weighted by Gasteiger charge is -2.02. The van der Waals surface area contributed by atoms with Crippen molar-refractivity contribution in [1.82, 2.24) is 10.1 Å². The van der Waals surface area contributed by atoms with E-state index < -0.39 is 0 Å². The number of benzene rings is 1. The molecule has 4 nitrogen and oxygen atoms in total. The summed E-state index contributed by atoms with van der Waals surface area (Å²) >= 11 is 0. The molecule has 0 spiro atoms. The minimum atomic E-state index is 0.0528. The van der Waals surface area contributed by atoms with Crippen LogP contribution in [0.4, 0.5) is 0 Å². The molecule has 2 aromatic rings. The molecule has 1 aromatic heterocycles. The highest BCUT2D eigenvalue weighted by atomic mass is 16.5. The Hall–Kier alpha value is -1.68. The number of aromatic nitrogens is 2. The largest absolute Gasteiger partial charge is 0.339 e. The normalized spacial score (nSPS) is 12.7. The van der Waals surface area contributed by atoms with Gasteiger partial charge in [0.2, 0.25) is 5.89 Å². The average Bonchev–Trinajstić information content (AvgIpc) is 2.70. The summed E-state index contributed by atoms with van der Waals surface area (Å²) in [5.41, 5.74) is 9.46. The predicted molar refractivity (Wildman–Crippen MR) is 70.4 cm³/mol. The van der Waals surface area contributed by atoms with Gasteiger partial charge < -0.3 is 10.3 Å². The highest BCUT2D eigenvalue weighted by Gasteiger charge is 2.09. The maximum absolute atomic E-state index is 5.70. The fourth-order valence-electron chi connectivity index (χ4n) is 1.82. The maximum Gasteiger partial charge on any atom is 0.231 e. The molecule has 1 heterocycles. The van der Waals surface area contributed by atoms with Crippen LogP contribution in [0.25, 0.3) is 0 Å². The molecule has 18 heavy (non-hydrogen) atoms. The van der Waals surface area contributed by atoms with Crippen molar-refractivity contribution in [3.05, 3.63) is 46.6 Å². The Balaban J connectivity index is 2.08. The molecule has 0 saturated heterocycles. The Morgan fingerprint density at radius 2 is 2.06 bits per heavy atom. The van der Waals surface area contributed by atoms with Gasteiger partial charge in [-0.15, -0.1) is 0 Å². The molecule has 1 aromatic carbocycles. The fraction of sp³-hybridized carbons (Fsp3) is 0.429. The predicted octanol–water partition coefficient (Wildman–Crippen LogP) is 2.17. The van der Waals surface area contributed by atoms with Crippen LogP contribution >= 0.6 is 0 Å². The molecule has 0 aliphatic heterocycles. The van der Waals surface area contributed by atoms with Gasteiger partial charge in [0.25, 0.3) is 0 Å². The first-order valence-electron chi connectivity index (χ1n) is 6.18. The molecular formula is C14H19N3O. The third-order valence-corrected chi connectivity index (χ3v) is 2.94. The lowest BCUT2D eigenvalue weighted by atomic mass is 10.0. The van der Waals surface area contributed by atoms with E-state index in [-0.39, 0.29) is 6.04 Å². The lowest BCUT2D eigenvalue weighted by molar-refractivity contribution is 0.378. The maximum atomic E-state index is 5.70. The molecule has 0 aliphatic carbocycles. The SMILES string of the molecule is Cc1ccc(Cc2nc(CC(C)N)no2)cc1C. The Morgan fingerprint density at radius 1 is 1.28 bits per heavy atom. The third-order valence-electron chi connectivity index (χ3n) is 2.94. The van der Waals surface area contributed by atoms with E-state index in [9.17, 15) is 0 Å². The van der Waals surface area contributed by atoms with Gasteiger partial charge in [-0.2, -0.15) is 4.98 Å². The molecule has 1 unspecified atom stereocenters. The Kier molecular flexibility index (Phi) is 3.77. The molecule has 2 N–H and O–H groups in total. The van der Waals surface area contributed by atoms with Crippen LogP contribution in [-0.2, 0) is 12.8 Å². The molecular weight excluding hydrogens is 226 g/mol. The van der Waals surface area contributed by atoms with Crippen molar-refractivity contribution in [1.29, 1.82) is 0 Å². The number of nitrogens with two attached hydrogens (primary N) is 1. The van der Waals surface area contributed by atoms with E-state index in [0.29, 0.717) is 24.6 Å². The minimum Gasteiger partial charge on any atom is -0.339 e. The number of nitrogens with zero attached hydrogens (tertiary/aromatic N) is 2. The van der Waals surface area contributed by atoms with E-state index in [2.05, 4.69) is 42.2 Å². The molecule has 0 amide bonds. The molecule has 4 heteroatoms. The smallest absolute Gasteiger partial charge is 0.231 e. The van der Waals surface area contributed by atoms with Gasteiger partial charge in [-0.25, -0.2) is 0 Å². The highest BCUT2D eigenvalue weighted by molar-refractivity contribution is 5.31. The summed E-state index contributed by atoms with van der Waals surface area (Å²) in [6, 6.07) is 6.42. The van der Waals surface area contributed by atoms with Gasteiger partial charge in [-0.05, 0) is 37.5 Å². The molecule has 1 atom stereocenters. The average molecular weight is 245 g/mol. The second-order valence-electron chi connectivity index (χ2n) is 4.88. The summed E-state index contributed by atoms with van der Waals surface area (Å²) in [6.45, 7) is 6.14. The van der Waals surface area contributed by atoms with E-state index in [0.717, 1.165) is 0 Å². The zero-order valence-corrected chi connectivity index (χ0v) is 11.1. The van der Waals surface area contributed by atoms with Crippen molar-refractivity contribution in [2.24, 2.45) is 5.73 Å². The number of hydrogen-bond donors (Lipinski definition) is 1. The molecule has 96 valence electrons. The van der Waals surface area contributed by atoms with Crippen LogP contribution in [-0.4, -0.2) is 16.2 Å². The van der Waals surface area contributed by atoms with Gasteiger partial charge in [0.05, 0.1) is 6.42 Å². The van der Waals surface area contributed by atoms with E-state index in [4.69, 9.17) is 10.3 Å². The van der Waals surface area contributed by atoms with Crippen LogP contribution in [0.2, 0.25) is 0 Å².